The molecule has 0 aliphatic carbocycles. The van der Waals surface area contributed by atoms with Crippen LogP contribution < -0.4 is 0 Å². The van der Waals surface area contributed by atoms with E-state index < -0.39 is 5.60 Å². The number of benzene rings is 1. The number of aliphatic hydroxyl groups is 1. The van der Waals surface area contributed by atoms with Crippen LogP contribution in [0.4, 0.5) is 4.39 Å². The lowest BCUT2D eigenvalue weighted by Crippen LogP contribution is -2.27. The molecule has 90 valence electrons. The van der Waals surface area contributed by atoms with Gasteiger partial charge >= 0.3 is 0 Å². The van der Waals surface area contributed by atoms with Crippen molar-refractivity contribution >= 4 is 0 Å². The molecule has 0 amide bonds. The molecule has 0 aliphatic heterocycles. The molecule has 0 fully saturated rings. The average Bonchev–Trinajstić information content (AvgIpc) is 2.64. The smallest absolute Gasteiger partial charge is 0.123 e. The fraction of sp³-hybridized carbons (Fsp3) is 0.308. The maximum atomic E-state index is 13.1. The van der Waals surface area contributed by atoms with Crippen LogP contribution in [0.3, 0.4) is 0 Å². The predicted molar refractivity (Wildman–Crippen MR) is 62.9 cm³/mol. The summed E-state index contributed by atoms with van der Waals surface area (Å²) < 4.78 is 14.7. The van der Waals surface area contributed by atoms with Crippen molar-refractivity contribution in [3.05, 3.63) is 53.6 Å². The molecule has 1 unspecified atom stereocenters. The van der Waals surface area contributed by atoms with E-state index in [1.54, 1.807) is 43.0 Å². The van der Waals surface area contributed by atoms with Crippen LogP contribution in [0.15, 0.2) is 36.5 Å². The van der Waals surface area contributed by atoms with Gasteiger partial charge in [0, 0.05) is 19.7 Å². The second-order valence-electron chi connectivity index (χ2n) is 4.42. The molecule has 1 N–H and O–H groups in total. The van der Waals surface area contributed by atoms with Crippen LogP contribution in [0.2, 0.25) is 0 Å². The number of hydrogen-bond donors (Lipinski definition) is 1. The Hall–Kier alpha value is -1.68. The molecule has 4 heteroatoms. The van der Waals surface area contributed by atoms with E-state index >= 15 is 0 Å². The lowest BCUT2D eigenvalue weighted by Gasteiger charge is -2.23. The standard InChI is InChI=1S/C13H15FN2O/c1-13(17,12-6-7-15-16(12)2)9-10-4-3-5-11(14)8-10/h3-8,17H,9H2,1-2H3. The number of nitrogens with zero attached hydrogens (tertiary/aromatic N) is 2. The summed E-state index contributed by atoms with van der Waals surface area (Å²) >= 11 is 0. The van der Waals surface area contributed by atoms with E-state index in [-0.39, 0.29) is 5.82 Å². The summed E-state index contributed by atoms with van der Waals surface area (Å²) in [6, 6.07) is 8.03. The molecular formula is C13H15FN2O. The Kier molecular flexibility index (Phi) is 2.98. The topological polar surface area (TPSA) is 38.0 Å². The molecule has 0 saturated carbocycles. The van der Waals surface area contributed by atoms with Gasteiger partial charge in [-0.3, -0.25) is 4.68 Å². The largest absolute Gasteiger partial charge is 0.384 e. The first-order valence-corrected chi connectivity index (χ1v) is 5.44. The molecular weight excluding hydrogens is 219 g/mol. The zero-order chi connectivity index (χ0) is 12.5. The number of aromatic nitrogens is 2. The summed E-state index contributed by atoms with van der Waals surface area (Å²) in [4.78, 5) is 0. The normalized spacial score (nSPS) is 14.6. The van der Waals surface area contributed by atoms with Crippen LogP contribution in [0, 0.1) is 5.82 Å². The highest BCUT2D eigenvalue weighted by atomic mass is 19.1. The van der Waals surface area contributed by atoms with E-state index in [2.05, 4.69) is 5.10 Å². The molecule has 0 spiro atoms. The molecule has 2 aromatic rings. The number of halogens is 1. The predicted octanol–water partition coefficient (Wildman–Crippen LogP) is 2.01. The van der Waals surface area contributed by atoms with Crippen molar-refractivity contribution in [3.8, 4) is 0 Å². The maximum Gasteiger partial charge on any atom is 0.123 e. The monoisotopic (exact) mass is 234 g/mol. The van der Waals surface area contributed by atoms with Crippen molar-refractivity contribution < 1.29 is 9.50 Å². The van der Waals surface area contributed by atoms with Crippen molar-refractivity contribution in [2.24, 2.45) is 7.05 Å². The van der Waals surface area contributed by atoms with E-state index in [1.165, 1.54) is 12.1 Å². The Bertz CT molecular complexity index is 520. The van der Waals surface area contributed by atoms with Crippen molar-refractivity contribution in [2.75, 3.05) is 0 Å². The van der Waals surface area contributed by atoms with Gasteiger partial charge in [0.1, 0.15) is 11.4 Å². The Balaban J connectivity index is 2.26. The van der Waals surface area contributed by atoms with Gasteiger partial charge < -0.3 is 5.11 Å². The second kappa shape index (κ2) is 4.30. The maximum absolute atomic E-state index is 13.1. The number of hydrogen-bond acceptors (Lipinski definition) is 2. The molecule has 0 saturated heterocycles. The van der Waals surface area contributed by atoms with Gasteiger partial charge in [0.2, 0.25) is 0 Å². The minimum atomic E-state index is -1.06. The molecule has 3 nitrogen and oxygen atoms in total. The van der Waals surface area contributed by atoms with E-state index in [9.17, 15) is 9.50 Å². The highest BCUT2D eigenvalue weighted by molar-refractivity contribution is 5.21. The molecule has 17 heavy (non-hydrogen) atoms. The van der Waals surface area contributed by atoms with E-state index in [4.69, 9.17) is 0 Å². The van der Waals surface area contributed by atoms with E-state index in [1.807, 2.05) is 0 Å². The second-order valence-corrected chi connectivity index (χ2v) is 4.42. The lowest BCUT2D eigenvalue weighted by molar-refractivity contribution is 0.0489. The van der Waals surface area contributed by atoms with Gasteiger partial charge in [-0.25, -0.2) is 4.39 Å². The first-order chi connectivity index (χ1) is 7.99. The van der Waals surface area contributed by atoms with Crippen LogP contribution in [0.5, 0.6) is 0 Å². The summed E-state index contributed by atoms with van der Waals surface area (Å²) in [5.74, 6) is -0.289. The Morgan fingerprint density at radius 2 is 2.18 bits per heavy atom. The van der Waals surface area contributed by atoms with Gasteiger partial charge in [-0.2, -0.15) is 5.10 Å². The van der Waals surface area contributed by atoms with E-state index in [0.29, 0.717) is 12.1 Å². The first-order valence-electron chi connectivity index (χ1n) is 5.44. The lowest BCUT2D eigenvalue weighted by atomic mass is 9.93. The van der Waals surface area contributed by atoms with Crippen LogP contribution >= 0.6 is 0 Å². The van der Waals surface area contributed by atoms with Crippen LogP contribution in [0.1, 0.15) is 18.2 Å². The van der Waals surface area contributed by atoms with Gasteiger partial charge in [0.05, 0.1) is 5.69 Å². The minimum Gasteiger partial charge on any atom is -0.384 e. The zero-order valence-corrected chi connectivity index (χ0v) is 9.89. The fourth-order valence-corrected chi connectivity index (χ4v) is 2.04. The van der Waals surface area contributed by atoms with Crippen LogP contribution in [-0.2, 0) is 19.1 Å². The summed E-state index contributed by atoms with van der Waals surface area (Å²) in [6.07, 6.45) is 1.99. The Labute approximate surface area is 99.5 Å². The molecule has 1 aromatic carbocycles. The highest BCUT2D eigenvalue weighted by Crippen LogP contribution is 2.24. The third kappa shape index (κ3) is 2.53. The highest BCUT2D eigenvalue weighted by Gasteiger charge is 2.26. The quantitative estimate of drug-likeness (QED) is 0.882. The summed E-state index contributed by atoms with van der Waals surface area (Å²) in [7, 11) is 1.77. The van der Waals surface area contributed by atoms with Gasteiger partial charge in [-0.1, -0.05) is 12.1 Å². The van der Waals surface area contributed by atoms with Gasteiger partial charge in [-0.05, 0) is 30.7 Å². The molecule has 2 rings (SSSR count). The summed E-state index contributed by atoms with van der Waals surface area (Å²) in [5, 5.41) is 14.4. The minimum absolute atomic E-state index is 0.289. The number of aryl methyl sites for hydroxylation is 1. The van der Waals surface area contributed by atoms with Gasteiger partial charge in [-0.15, -0.1) is 0 Å². The molecule has 1 aromatic heterocycles. The Morgan fingerprint density at radius 3 is 2.76 bits per heavy atom. The first kappa shape index (κ1) is 11.8. The van der Waals surface area contributed by atoms with Crippen molar-refractivity contribution in [3.63, 3.8) is 0 Å². The Morgan fingerprint density at radius 1 is 1.41 bits per heavy atom. The van der Waals surface area contributed by atoms with Crippen LogP contribution in [-0.4, -0.2) is 14.9 Å². The number of rotatable bonds is 3. The summed E-state index contributed by atoms with van der Waals surface area (Å²) in [5.41, 5.74) is 0.414. The SMILES string of the molecule is Cn1nccc1C(C)(O)Cc1cccc(F)c1. The third-order valence-corrected chi connectivity index (χ3v) is 2.81. The van der Waals surface area contributed by atoms with Crippen molar-refractivity contribution in [2.45, 2.75) is 18.9 Å². The van der Waals surface area contributed by atoms with Crippen molar-refractivity contribution in [1.82, 2.24) is 9.78 Å². The molecule has 0 bridgehead atoms. The molecule has 0 radical (unpaired) electrons. The molecule has 1 atom stereocenters. The van der Waals surface area contributed by atoms with Gasteiger partial charge in [0.15, 0.2) is 0 Å². The fourth-order valence-electron chi connectivity index (χ4n) is 2.04. The van der Waals surface area contributed by atoms with Crippen molar-refractivity contribution in [1.29, 1.82) is 0 Å². The van der Waals surface area contributed by atoms with Gasteiger partial charge in [0.25, 0.3) is 0 Å². The average molecular weight is 234 g/mol. The zero-order valence-electron chi connectivity index (χ0n) is 9.89. The third-order valence-electron chi connectivity index (χ3n) is 2.81. The molecule has 0 aliphatic rings. The van der Waals surface area contributed by atoms with E-state index in [0.717, 1.165) is 5.56 Å². The molecule has 1 heterocycles. The summed E-state index contributed by atoms with van der Waals surface area (Å²) in [6.45, 7) is 1.70. The van der Waals surface area contributed by atoms with Crippen LogP contribution in [0.25, 0.3) is 0 Å².